The van der Waals surface area contributed by atoms with E-state index in [4.69, 9.17) is 16.6 Å². The molecule has 6 heteroatoms. The number of hydrogen-bond donors (Lipinski definition) is 0. The minimum absolute atomic E-state index is 0.106. The fraction of sp³-hybridized carbons (Fsp3) is 0.0500. The zero-order valence-corrected chi connectivity index (χ0v) is 15.2. The molecule has 4 nitrogen and oxygen atoms in total. The van der Waals surface area contributed by atoms with Crippen molar-refractivity contribution in [3.8, 4) is 5.69 Å². The van der Waals surface area contributed by atoms with E-state index >= 15 is 0 Å². The summed E-state index contributed by atoms with van der Waals surface area (Å²) in [6.07, 6.45) is 3.34. The molecular formula is C20H14ClN3OS. The van der Waals surface area contributed by atoms with Gasteiger partial charge in [-0.3, -0.25) is 14.3 Å². The van der Waals surface area contributed by atoms with Crippen molar-refractivity contribution in [2.24, 2.45) is 0 Å². The van der Waals surface area contributed by atoms with Gasteiger partial charge in [0.05, 0.1) is 22.8 Å². The van der Waals surface area contributed by atoms with Crippen molar-refractivity contribution < 1.29 is 0 Å². The van der Waals surface area contributed by atoms with Gasteiger partial charge in [0, 0.05) is 17.0 Å². The number of hydrogen-bond acceptors (Lipinski definition) is 4. The molecule has 0 N–H and O–H groups in total. The molecule has 4 aromatic rings. The molecule has 2 heterocycles. The van der Waals surface area contributed by atoms with Gasteiger partial charge < -0.3 is 0 Å². The van der Waals surface area contributed by atoms with Gasteiger partial charge in [-0.2, -0.15) is 0 Å². The van der Waals surface area contributed by atoms with E-state index in [1.54, 1.807) is 29.1 Å². The molecule has 0 amide bonds. The Kier molecular flexibility index (Phi) is 4.73. The molecule has 0 atom stereocenters. The summed E-state index contributed by atoms with van der Waals surface area (Å²) in [4.78, 5) is 21.9. The van der Waals surface area contributed by atoms with Crippen LogP contribution in [0.1, 0.15) is 5.56 Å². The smallest absolute Gasteiger partial charge is 0.266 e. The molecule has 0 saturated carbocycles. The van der Waals surface area contributed by atoms with E-state index in [-0.39, 0.29) is 5.56 Å². The minimum Gasteiger partial charge on any atom is -0.268 e. The average Bonchev–Trinajstić information content (AvgIpc) is 2.68. The first-order chi connectivity index (χ1) is 12.7. The monoisotopic (exact) mass is 379 g/mol. The summed E-state index contributed by atoms with van der Waals surface area (Å²) in [5, 5.41) is 1.90. The van der Waals surface area contributed by atoms with Crippen LogP contribution < -0.4 is 5.56 Å². The Balaban J connectivity index is 1.84. The van der Waals surface area contributed by atoms with Crippen LogP contribution in [0.4, 0.5) is 0 Å². The standard InChI is InChI=1S/C20H14ClN3OS/c21-17-9-3-1-6-14(17)13-26-20-23-18-10-4-2-8-16(18)19(25)24(20)15-7-5-11-22-12-15/h1-12H,13H2. The van der Waals surface area contributed by atoms with E-state index in [9.17, 15) is 4.79 Å². The highest BCUT2D eigenvalue weighted by Crippen LogP contribution is 2.27. The molecule has 26 heavy (non-hydrogen) atoms. The Morgan fingerprint density at radius 2 is 1.81 bits per heavy atom. The predicted octanol–water partition coefficient (Wildman–Crippen LogP) is 4.73. The lowest BCUT2D eigenvalue weighted by Crippen LogP contribution is -2.21. The van der Waals surface area contributed by atoms with Crippen LogP contribution in [0.2, 0.25) is 5.02 Å². The van der Waals surface area contributed by atoms with Crippen LogP contribution in [0.5, 0.6) is 0 Å². The summed E-state index contributed by atoms with van der Waals surface area (Å²) >= 11 is 7.74. The fourth-order valence-electron chi connectivity index (χ4n) is 2.68. The molecule has 0 spiro atoms. The number of aromatic nitrogens is 3. The number of pyridine rings is 1. The number of para-hydroxylation sites is 1. The van der Waals surface area contributed by atoms with Gasteiger partial charge in [-0.25, -0.2) is 4.98 Å². The number of nitrogens with zero attached hydrogens (tertiary/aromatic N) is 3. The van der Waals surface area contributed by atoms with Crippen molar-refractivity contribution in [2.75, 3.05) is 0 Å². The van der Waals surface area contributed by atoms with E-state index in [2.05, 4.69) is 4.98 Å². The second kappa shape index (κ2) is 7.32. The van der Waals surface area contributed by atoms with Crippen molar-refractivity contribution >= 4 is 34.3 Å². The first-order valence-electron chi connectivity index (χ1n) is 8.02. The molecule has 0 aliphatic heterocycles. The Bertz CT molecular complexity index is 1130. The van der Waals surface area contributed by atoms with Crippen LogP contribution in [0, 0.1) is 0 Å². The highest BCUT2D eigenvalue weighted by atomic mass is 35.5. The molecule has 0 bridgehead atoms. The van der Waals surface area contributed by atoms with Crippen LogP contribution in [0.15, 0.2) is 83.0 Å². The van der Waals surface area contributed by atoms with Crippen LogP contribution in [0.3, 0.4) is 0 Å². The largest absolute Gasteiger partial charge is 0.268 e. The molecule has 2 aromatic carbocycles. The Morgan fingerprint density at radius 3 is 2.62 bits per heavy atom. The van der Waals surface area contributed by atoms with E-state index in [0.29, 0.717) is 32.5 Å². The maximum absolute atomic E-state index is 13.1. The normalized spacial score (nSPS) is 11.0. The van der Waals surface area contributed by atoms with Gasteiger partial charge in [-0.15, -0.1) is 0 Å². The van der Waals surface area contributed by atoms with Crippen LogP contribution in [0.25, 0.3) is 16.6 Å². The Morgan fingerprint density at radius 1 is 1.00 bits per heavy atom. The molecule has 128 valence electrons. The average molecular weight is 380 g/mol. The minimum atomic E-state index is -0.106. The maximum atomic E-state index is 13.1. The molecule has 0 radical (unpaired) electrons. The summed E-state index contributed by atoms with van der Waals surface area (Å²) in [7, 11) is 0. The van der Waals surface area contributed by atoms with Crippen molar-refractivity contribution in [1.29, 1.82) is 0 Å². The van der Waals surface area contributed by atoms with Gasteiger partial charge in [0.1, 0.15) is 0 Å². The predicted molar refractivity (Wildman–Crippen MR) is 106 cm³/mol. The van der Waals surface area contributed by atoms with Crippen molar-refractivity contribution in [1.82, 2.24) is 14.5 Å². The van der Waals surface area contributed by atoms with Crippen LogP contribution in [-0.2, 0) is 5.75 Å². The Labute approximate surface area is 159 Å². The highest BCUT2D eigenvalue weighted by molar-refractivity contribution is 7.98. The molecule has 2 aromatic heterocycles. The lowest BCUT2D eigenvalue weighted by Gasteiger charge is -2.13. The molecule has 0 unspecified atom stereocenters. The van der Waals surface area contributed by atoms with Gasteiger partial charge in [0.2, 0.25) is 0 Å². The van der Waals surface area contributed by atoms with Gasteiger partial charge >= 0.3 is 0 Å². The van der Waals surface area contributed by atoms with Crippen molar-refractivity contribution in [3.63, 3.8) is 0 Å². The zero-order valence-electron chi connectivity index (χ0n) is 13.7. The lowest BCUT2D eigenvalue weighted by molar-refractivity contribution is 0.815. The van der Waals surface area contributed by atoms with Gasteiger partial charge in [-0.1, -0.05) is 53.7 Å². The number of thioether (sulfide) groups is 1. The number of halogens is 1. The summed E-state index contributed by atoms with van der Waals surface area (Å²) in [5.41, 5.74) is 2.27. The second-order valence-corrected chi connectivity index (χ2v) is 6.99. The van der Waals surface area contributed by atoms with Gasteiger partial charge in [-0.05, 0) is 35.9 Å². The first-order valence-corrected chi connectivity index (χ1v) is 9.39. The molecule has 0 saturated heterocycles. The molecule has 0 aliphatic carbocycles. The summed E-state index contributed by atoms with van der Waals surface area (Å²) in [6, 6.07) is 18.7. The third kappa shape index (κ3) is 3.23. The highest BCUT2D eigenvalue weighted by Gasteiger charge is 2.14. The number of benzene rings is 2. The third-order valence-corrected chi connectivity index (χ3v) is 5.32. The van der Waals surface area contributed by atoms with E-state index in [1.807, 2.05) is 48.5 Å². The number of fused-ring (bicyclic) bond motifs is 1. The van der Waals surface area contributed by atoms with Crippen LogP contribution in [-0.4, -0.2) is 14.5 Å². The number of rotatable bonds is 4. The van der Waals surface area contributed by atoms with Crippen LogP contribution >= 0.6 is 23.4 Å². The Hall–Kier alpha value is -2.63. The zero-order chi connectivity index (χ0) is 17.9. The lowest BCUT2D eigenvalue weighted by atomic mass is 10.2. The van der Waals surface area contributed by atoms with E-state index in [0.717, 1.165) is 5.56 Å². The maximum Gasteiger partial charge on any atom is 0.266 e. The second-order valence-electron chi connectivity index (χ2n) is 5.64. The van der Waals surface area contributed by atoms with Crippen molar-refractivity contribution in [2.45, 2.75) is 10.9 Å². The quantitative estimate of drug-likeness (QED) is 0.380. The van der Waals surface area contributed by atoms with Gasteiger partial charge in [0.15, 0.2) is 5.16 Å². The third-order valence-electron chi connectivity index (χ3n) is 3.96. The topological polar surface area (TPSA) is 47.8 Å². The molecule has 4 rings (SSSR count). The SMILES string of the molecule is O=c1c2ccccc2nc(SCc2ccccc2Cl)n1-c1cccnc1. The fourth-order valence-corrected chi connectivity index (χ4v) is 3.98. The van der Waals surface area contributed by atoms with Gasteiger partial charge in [0.25, 0.3) is 5.56 Å². The molecular weight excluding hydrogens is 366 g/mol. The summed E-state index contributed by atoms with van der Waals surface area (Å²) < 4.78 is 1.61. The van der Waals surface area contributed by atoms with Crippen molar-refractivity contribution in [3.05, 3.63) is 94.0 Å². The molecule has 0 fully saturated rings. The van der Waals surface area contributed by atoms with E-state index < -0.39 is 0 Å². The summed E-state index contributed by atoms with van der Waals surface area (Å²) in [6.45, 7) is 0. The molecule has 0 aliphatic rings. The first kappa shape index (κ1) is 16.8. The van der Waals surface area contributed by atoms with E-state index in [1.165, 1.54) is 11.8 Å². The summed E-state index contributed by atoms with van der Waals surface area (Å²) in [5.74, 6) is 0.616.